The number of aromatic amines is 1. The highest BCUT2D eigenvalue weighted by atomic mass is 19.4. The van der Waals surface area contributed by atoms with E-state index in [2.05, 4.69) is 24.0 Å². The number of aliphatic carboxylic acids is 1. The number of hydrogen-bond donors (Lipinski definition) is 2. The van der Waals surface area contributed by atoms with Gasteiger partial charge in [-0.2, -0.15) is 18.3 Å². The van der Waals surface area contributed by atoms with Gasteiger partial charge in [-0.05, 0) is 68.2 Å². The predicted molar refractivity (Wildman–Crippen MR) is 141 cm³/mol. The number of carboxylic acid groups (broad SMARTS) is 1. The molecule has 1 aromatic carbocycles. The molecular weight excluding hydrogens is 548 g/mol. The molecule has 2 N–H and O–H groups in total. The summed E-state index contributed by atoms with van der Waals surface area (Å²) in [6, 6.07) is 4.65. The first-order valence-corrected chi connectivity index (χ1v) is 13.2. The Labute approximate surface area is 234 Å². The van der Waals surface area contributed by atoms with E-state index in [4.69, 9.17) is 9.90 Å². The fourth-order valence-corrected chi connectivity index (χ4v) is 5.00. The van der Waals surface area contributed by atoms with Crippen molar-refractivity contribution < 1.29 is 37.1 Å². The largest absolute Gasteiger partial charge is 0.490 e. The van der Waals surface area contributed by atoms with Crippen LogP contribution in [0.2, 0.25) is 0 Å². The van der Waals surface area contributed by atoms with E-state index in [1.54, 1.807) is 13.0 Å². The van der Waals surface area contributed by atoms with E-state index >= 15 is 0 Å². The van der Waals surface area contributed by atoms with Crippen molar-refractivity contribution in [3.05, 3.63) is 62.3 Å². The monoisotopic (exact) mass is 582 g/mol. The number of rotatable bonds is 4. The number of H-pyrrole nitrogens is 1. The number of carboxylic acids is 1. The van der Waals surface area contributed by atoms with Crippen molar-refractivity contribution in [1.82, 2.24) is 20.0 Å². The number of aromatic nitrogens is 2. The maximum absolute atomic E-state index is 14.6. The third kappa shape index (κ3) is 7.92. The van der Waals surface area contributed by atoms with Gasteiger partial charge in [0.2, 0.25) is 5.91 Å². The van der Waals surface area contributed by atoms with Crippen LogP contribution in [-0.4, -0.2) is 74.7 Å². The van der Waals surface area contributed by atoms with Crippen molar-refractivity contribution in [2.24, 2.45) is 5.41 Å². The highest BCUT2D eigenvalue weighted by Gasteiger charge is 2.38. The lowest BCUT2D eigenvalue weighted by Gasteiger charge is -2.43. The molecule has 2 amide bonds. The lowest BCUT2D eigenvalue weighted by Crippen LogP contribution is -2.56. The maximum Gasteiger partial charge on any atom is 0.490 e. The topological polar surface area (TPSA) is 124 Å². The quantitative estimate of drug-likeness (QED) is 0.526. The molecule has 1 aliphatic carbocycles. The minimum atomic E-state index is -5.08. The van der Waals surface area contributed by atoms with Crippen molar-refractivity contribution in [2.45, 2.75) is 72.0 Å². The Balaban J connectivity index is 0.000000587. The number of halogens is 4. The van der Waals surface area contributed by atoms with Crippen molar-refractivity contribution in [3.63, 3.8) is 0 Å². The van der Waals surface area contributed by atoms with Gasteiger partial charge in [-0.15, -0.1) is 0 Å². The number of amides is 2. The van der Waals surface area contributed by atoms with E-state index in [0.717, 1.165) is 31.2 Å². The van der Waals surface area contributed by atoms with E-state index < -0.39 is 23.9 Å². The van der Waals surface area contributed by atoms with Gasteiger partial charge in [-0.3, -0.25) is 14.4 Å². The molecule has 41 heavy (non-hydrogen) atoms. The Hall–Kier alpha value is -3.77. The Morgan fingerprint density at radius 1 is 1.10 bits per heavy atom. The molecule has 0 radical (unpaired) electrons. The highest BCUT2D eigenvalue weighted by molar-refractivity contribution is 5.97. The fraction of sp³-hybridized carbons (Fsp3) is 0.536. The van der Waals surface area contributed by atoms with E-state index in [0.29, 0.717) is 41.7 Å². The summed E-state index contributed by atoms with van der Waals surface area (Å²) in [5, 5.41) is 13.7. The predicted octanol–water partition coefficient (Wildman–Crippen LogP) is 4.00. The summed E-state index contributed by atoms with van der Waals surface area (Å²) in [6.07, 6.45) is -0.576. The summed E-state index contributed by atoms with van der Waals surface area (Å²) >= 11 is 0. The maximum atomic E-state index is 14.6. The summed E-state index contributed by atoms with van der Waals surface area (Å²) < 4.78 is 46.4. The number of nitrogens with zero attached hydrogens (tertiary/aromatic N) is 3. The number of piperazine rings is 1. The van der Waals surface area contributed by atoms with Crippen LogP contribution in [0.4, 0.5) is 17.6 Å². The third-order valence-corrected chi connectivity index (χ3v) is 7.80. The number of benzene rings is 1. The molecular formula is C28H34F4N4O5. The van der Waals surface area contributed by atoms with Gasteiger partial charge in [0.05, 0.1) is 11.3 Å². The number of hydrogen-bond acceptors (Lipinski definition) is 5. The van der Waals surface area contributed by atoms with Gasteiger partial charge in [0.1, 0.15) is 12.4 Å². The molecule has 2 aliphatic rings. The lowest BCUT2D eigenvalue weighted by molar-refractivity contribution is -0.192. The minimum Gasteiger partial charge on any atom is -0.475 e. The van der Waals surface area contributed by atoms with Gasteiger partial charge in [0.25, 0.3) is 11.5 Å². The van der Waals surface area contributed by atoms with Crippen LogP contribution >= 0.6 is 0 Å². The third-order valence-electron chi connectivity index (χ3n) is 7.80. The zero-order valence-electron chi connectivity index (χ0n) is 23.4. The summed E-state index contributed by atoms with van der Waals surface area (Å²) in [6.45, 7) is 8.93. The van der Waals surface area contributed by atoms with Crippen LogP contribution in [0.1, 0.15) is 72.3 Å². The van der Waals surface area contributed by atoms with Crippen molar-refractivity contribution in [2.75, 3.05) is 19.6 Å². The molecule has 4 rings (SSSR count). The second-order valence-electron chi connectivity index (χ2n) is 11.3. The molecule has 2 fully saturated rings. The number of carbonyl (C=O) groups is 3. The average molecular weight is 583 g/mol. The lowest BCUT2D eigenvalue weighted by atomic mass is 9.75. The second-order valence-corrected chi connectivity index (χ2v) is 11.3. The van der Waals surface area contributed by atoms with Gasteiger partial charge in [-0.25, -0.2) is 14.3 Å². The van der Waals surface area contributed by atoms with E-state index in [-0.39, 0.29) is 29.6 Å². The highest BCUT2D eigenvalue weighted by Crippen LogP contribution is 2.37. The second kappa shape index (κ2) is 12.4. The van der Waals surface area contributed by atoms with E-state index in [1.165, 1.54) is 17.0 Å². The van der Waals surface area contributed by atoms with E-state index in [1.807, 2.05) is 11.8 Å². The van der Waals surface area contributed by atoms with Crippen LogP contribution in [0.3, 0.4) is 0 Å². The molecule has 0 atom stereocenters. The zero-order valence-corrected chi connectivity index (χ0v) is 23.4. The van der Waals surface area contributed by atoms with E-state index in [9.17, 15) is 31.9 Å². The fourth-order valence-electron chi connectivity index (χ4n) is 5.00. The summed E-state index contributed by atoms with van der Waals surface area (Å²) in [4.78, 5) is 50.0. The Bertz CT molecular complexity index is 1360. The molecule has 1 saturated carbocycles. The van der Waals surface area contributed by atoms with Gasteiger partial charge in [-0.1, -0.05) is 19.9 Å². The van der Waals surface area contributed by atoms with Gasteiger partial charge in [0.15, 0.2) is 0 Å². The van der Waals surface area contributed by atoms with Crippen molar-refractivity contribution in [3.8, 4) is 0 Å². The molecule has 0 bridgehead atoms. The summed E-state index contributed by atoms with van der Waals surface area (Å²) in [5.41, 5.74) is 2.77. The first kappa shape index (κ1) is 31.8. The van der Waals surface area contributed by atoms with Crippen LogP contribution in [0.15, 0.2) is 23.0 Å². The first-order valence-electron chi connectivity index (χ1n) is 13.2. The molecule has 1 aliphatic heterocycles. The average Bonchev–Trinajstić information content (AvgIpc) is 2.89. The van der Waals surface area contributed by atoms with Crippen LogP contribution in [0.25, 0.3) is 0 Å². The standard InChI is InChI=1S/C26H33FN4O3.C2HF3O2/c1-16-17(2)24(33)29-28-22(16)14-18-5-6-21(27)20(13-18)25(34)30-11-12-31(23(32)15-30)19-7-9-26(3,4)10-8-19;3-2(4,5)1(6)7/h5-6,13,19H,7-12,14-15H2,1-4H3,(H,29,33);(H,6,7). The Morgan fingerprint density at radius 3 is 2.27 bits per heavy atom. The SMILES string of the molecule is Cc1c(Cc2ccc(F)c(C(=O)N3CCN(C4CCC(C)(C)CC4)C(=O)C3)c2)n[nH]c(=O)c1C.O=C(O)C(F)(F)F. The summed E-state index contributed by atoms with van der Waals surface area (Å²) in [5.74, 6) is -3.91. The van der Waals surface area contributed by atoms with Gasteiger partial charge >= 0.3 is 12.1 Å². The molecule has 0 spiro atoms. The Morgan fingerprint density at radius 2 is 1.71 bits per heavy atom. The molecule has 13 heteroatoms. The first-order chi connectivity index (χ1) is 19.0. The number of carbonyl (C=O) groups excluding carboxylic acids is 2. The van der Waals surface area contributed by atoms with Gasteiger partial charge in [0, 0.05) is 31.1 Å². The summed E-state index contributed by atoms with van der Waals surface area (Å²) in [7, 11) is 0. The molecule has 2 heterocycles. The normalized spacial score (nSPS) is 17.6. The van der Waals surface area contributed by atoms with Crippen LogP contribution in [0, 0.1) is 25.1 Å². The van der Waals surface area contributed by atoms with Gasteiger partial charge < -0.3 is 14.9 Å². The Kier molecular flexibility index (Phi) is 9.60. The molecule has 2 aromatic rings. The molecule has 1 saturated heterocycles. The number of nitrogens with one attached hydrogen (secondary N) is 1. The molecule has 9 nitrogen and oxygen atoms in total. The smallest absolute Gasteiger partial charge is 0.475 e. The van der Waals surface area contributed by atoms with Crippen molar-refractivity contribution in [1.29, 1.82) is 0 Å². The van der Waals surface area contributed by atoms with Crippen LogP contribution < -0.4 is 5.56 Å². The molecule has 1 aromatic heterocycles. The minimum absolute atomic E-state index is 0.0256. The zero-order chi connectivity index (χ0) is 30.7. The molecule has 0 unspecified atom stereocenters. The molecule has 224 valence electrons. The van der Waals surface area contributed by atoms with Crippen molar-refractivity contribution >= 4 is 17.8 Å². The number of alkyl halides is 3. The van der Waals surface area contributed by atoms with Crippen LogP contribution in [-0.2, 0) is 16.0 Å². The van der Waals surface area contributed by atoms with Crippen LogP contribution in [0.5, 0.6) is 0 Å².